The molecule has 7 nitrogen and oxygen atoms in total. The molecule has 0 amide bonds. The number of carbonyl (C=O) groups is 1. The first-order valence-electron chi connectivity index (χ1n) is 7.14. The Morgan fingerprint density at radius 1 is 1.50 bits per heavy atom. The number of nitrogens with zero attached hydrogens (tertiary/aromatic N) is 2. The van der Waals surface area contributed by atoms with Crippen LogP contribution in [0.1, 0.15) is 18.2 Å². The maximum atomic E-state index is 11.4. The summed E-state index contributed by atoms with van der Waals surface area (Å²) < 4.78 is 16.4. The highest BCUT2D eigenvalue weighted by Crippen LogP contribution is 2.36. The molecule has 0 unspecified atom stereocenters. The van der Waals surface area contributed by atoms with Gasteiger partial charge in [-0.15, -0.1) is 11.3 Å². The Bertz CT molecular complexity index is 778. The molecule has 2 aromatic rings. The number of hydrogen-bond donors (Lipinski definition) is 1. The number of aromatic nitrogens is 1. The number of fused-ring (bicyclic) bond motifs is 1. The third-order valence-corrected chi connectivity index (χ3v) is 4.52. The number of thiazole rings is 1. The average Bonchev–Trinajstić information content (AvgIpc) is 3.16. The van der Waals surface area contributed by atoms with Crippen molar-refractivity contribution in [1.29, 1.82) is 0 Å². The Hall–Kier alpha value is -2.13. The lowest BCUT2D eigenvalue weighted by molar-refractivity contribution is -0.142. The van der Waals surface area contributed by atoms with Gasteiger partial charge in [-0.3, -0.25) is 10.2 Å². The predicted octanol–water partition coefficient (Wildman–Crippen LogP) is 3.19. The highest BCUT2D eigenvalue weighted by Gasteiger charge is 2.15. The second-order valence-electron chi connectivity index (χ2n) is 4.72. The van der Waals surface area contributed by atoms with Gasteiger partial charge < -0.3 is 14.2 Å². The largest absolute Gasteiger partial charge is 0.466 e. The van der Waals surface area contributed by atoms with Gasteiger partial charge in [0.2, 0.25) is 11.9 Å². The van der Waals surface area contributed by atoms with Gasteiger partial charge in [0.05, 0.1) is 24.9 Å². The summed E-state index contributed by atoms with van der Waals surface area (Å²) >= 11 is 4.83. The smallest absolute Gasteiger partial charge is 0.311 e. The number of rotatable bonds is 6. The van der Waals surface area contributed by atoms with E-state index in [1.54, 1.807) is 18.5 Å². The number of esters is 1. The molecule has 126 valence electrons. The molecule has 0 radical (unpaired) electrons. The van der Waals surface area contributed by atoms with Gasteiger partial charge >= 0.3 is 5.97 Å². The zero-order valence-electron chi connectivity index (χ0n) is 12.7. The van der Waals surface area contributed by atoms with Gasteiger partial charge in [-0.25, -0.2) is 4.98 Å². The summed E-state index contributed by atoms with van der Waals surface area (Å²) in [6.45, 7) is 2.36. The fraction of sp³-hybridized carbons (Fsp3) is 0.267. The quantitative estimate of drug-likeness (QED) is 0.446. The second kappa shape index (κ2) is 7.63. The van der Waals surface area contributed by atoms with Crippen molar-refractivity contribution in [1.82, 2.24) is 4.98 Å². The van der Waals surface area contributed by atoms with Crippen LogP contribution in [0.2, 0.25) is 0 Å². The molecule has 24 heavy (non-hydrogen) atoms. The first-order valence-corrected chi connectivity index (χ1v) is 8.81. The van der Waals surface area contributed by atoms with Gasteiger partial charge in [-0.05, 0) is 35.0 Å². The molecule has 1 aromatic heterocycles. The van der Waals surface area contributed by atoms with Crippen LogP contribution in [0.4, 0.5) is 5.13 Å². The molecule has 1 N–H and O–H groups in total. The van der Waals surface area contributed by atoms with Crippen LogP contribution in [0, 0.1) is 0 Å². The third-order valence-electron chi connectivity index (χ3n) is 3.04. The molecule has 0 saturated heterocycles. The Balaban J connectivity index is 1.61. The van der Waals surface area contributed by atoms with E-state index >= 15 is 0 Å². The Labute approximate surface area is 150 Å². The number of hydrogen-bond acceptors (Lipinski definition) is 8. The minimum atomic E-state index is -0.290. The Kier molecular flexibility index (Phi) is 5.31. The van der Waals surface area contributed by atoms with E-state index in [0.717, 1.165) is 10.0 Å². The summed E-state index contributed by atoms with van der Waals surface area (Å²) in [6.07, 6.45) is 1.81. The Morgan fingerprint density at radius 3 is 3.08 bits per heavy atom. The average molecular weight is 412 g/mol. The van der Waals surface area contributed by atoms with Crippen LogP contribution in [0.3, 0.4) is 0 Å². The summed E-state index contributed by atoms with van der Waals surface area (Å²) in [4.78, 5) is 15.7. The number of anilines is 1. The molecule has 0 atom stereocenters. The van der Waals surface area contributed by atoms with Crippen molar-refractivity contribution in [2.45, 2.75) is 13.3 Å². The van der Waals surface area contributed by atoms with Gasteiger partial charge in [-0.2, -0.15) is 5.10 Å². The molecular formula is C15H14BrN3O4S. The topological polar surface area (TPSA) is 82.0 Å². The lowest BCUT2D eigenvalue weighted by Gasteiger charge is -2.01. The molecule has 0 aliphatic carbocycles. The molecule has 1 aliphatic rings. The van der Waals surface area contributed by atoms with Crippen molar-refractivity contribution < 1.29 is 19.0 Å². The first-order chi connectivity index (χ1) is 11.7. The number of carbonyl (C=O) groups excluding carboxylic acids is 1. The van der Waals surface area contributed by atoms with E-state index in [-0.39, 0.29) is 19.2 Å². The number of nitrogens with one attached hydrogen (secondary N) is 1. The number of benzene rings is 1. The third kappa shape index (κ3) is 4.04. The predicted molar refractivity (Wildman–Crippen MR) is 93.9 cm³/mol. The van der Waals surface area contributed by atoms with Crippen molar-refractivity contribution in [3.8, 4) is 11.5 Å². The lowest BCUT2D eigenvalue weighted by Crippen LogP contribution is -2.07. The summed E-state index contributed by atoms with van der Waals surface area (Å²) in [6, 6.07) is 3.68. The summed E-state index contributed by atoms with van der Waals surface area (Å²) in [5, 5.41) is 6.55. The zero-order chi connectivity index (χ0) is 16.9. The summed E-state index contributed by atoms with van der Waals surface area (Å²) in [5.74, 6) is 1.10. The molecule has 0 fully saturated rings. The van der Waals surface area contributed by atoms with Crippen LogP contribution in [0.15, 0.2) is 27.1 Å². The van der Waals surface area contributed by atoms with Gasteiger partial charge in [0.25, 0.3) is 0 Å². The highest BCUT2D eigenvalue weighted by atomic mass is 79.9. The van der Waals surface area contributed by atoms with Crippen LogP contribution < -0.4 is 14.9 Å². The molecule has 3 rings (SSSR count). The van der Waals surface area contributed by atoms with Gasteiger partial charge in [0, 0.05) is 15.4 Å². The number of halogens is 1. The summed E-state index contributed by atoms with van der Waals surface area (Å²) in [7, 11) is 0. The van der Waals surface area contributed by atoms with Crippen LogP contribution in [-0.4, -0.2) is 30.6 Å². The minimum absolute atomic E-state index is 0.156. The van der Waals surface area contributed by atoms with Crippen LogP contribution in [0.5, 0.6) is 11.5 Å². The van der Waals surface area contributed by atoms with E-state index in [0.29, 0.717) is 28.9 Å². The highest BCUT2D eigenvalue weighted by molar-refractivity contribution is 9.10. The van der Waals surface area contributed by atoms with E-state index in [1.807, 2.05) is 12.1 Å². The van der Waals surface area contributed by atoms with E-state index < -0.39 is 0 Å². The van der Waals surface area contributed by atoms with Crippen molar-refractivity contribution in [2.24, 2.45) is 5.10 Å². The van der Waals surface area contributed by atoms with Gasteiger partial charge in [0.1, 0.15) is 0 Å². The zero-order valence-corrected chi connectivity index (χ0v) is 15.1. The van der Waals surface area contributed by atoms with Crippen molar-refractivity contribution in [2.75, 3.05) is 18.8 Å². The Morgan fingerprint density at radius 2 is 2.29 bits per heavy atom. The molecule has 2 heterocycles. The molecule has 0 saturated carbocycles. The van der Waals surface area contributed by atoms with Gasteiger partial charge in [-0.1, -0.05) is 0 Å². The maximum Gasteiger partial charge on any atom is 0.311 e. The normalized spacial score (nSPS) is 12.6. The fourth-order valence-corrected chi connectivity index (χ4v) is 3.07. The van der Waals surface area contributed by atoms with E-state index in [1.165, 1.54) is 11.3 Å². The van der Waals surface area contributed by atoms with Crippen LogP contribution >= 0.6 is 27.3 Å². The lowest BCUT2D eigenvalue weighted by atomic mass is 10.2. The monoisotopic (exact) mass is 411 g/mol. The van der Waals surface area contributed by atoms with Crippen LogP contribution in [0.25, 0.3) is 0 Å². The van der Waals surface area contributed by atoms with Crippen molar-refractivity contribution >= 4 is 44.6 Å². The molecule has 0 bridgehead atoms. The van der Waals surface area contributed by atoms with Crippen molar-refractivity contribution in [3.63, 3.8) is 0 Å². The molecule has 1 aliphatic heterocycles. The molecule has 0 spiro atoms. The standard InChI is InChI=1S/C15H14BrN3O4S/c1-2-21-14(20)4-10-7-24-15(18-10)19-17-6-9-3-12-13(5-11(9)16)23-8-22-12/h3,5-7H,2,4,8H2,1H3,(H,18,19). The van der Waals surface area contributed by atoms with Crippen LogP contribution in [-0.2, 0) is 16.0 Å². The molecular weight excluding hydrogens is 398 g/mol. The molecule has 9 heteroatoms. The first kappa shape index (κ1) is 16.7. The van der Waals surface area contributed by atoms with E-state index in [2.05, 4.69) is 31.4 Å². The minimum Gasteiger partial charge on any atom is -0.466 e. The fourth-order valence-electron chi connectivity index (χ4n) is 1.99. The SMILES string of the molecule is CCOC(=O)Cc1csc(NN=Cc2cc3c(cc2Br)OCO3)n1. The van der Waals surface area contributed by atoms with E-state index in [9.17, 15) is 4.79 Å². The number of hydrazone groups is 1. The number of ether oxygens (including phenoxy) is 3. The van der Waals surface area contributed by atoms with Crippen molar-refractivity contribution in [3.05, 3.63) is 33.2 Å². The summed E-state index contributed by atoms with van der Waals surface area (Å²) in [5.41, 5.74) is 4.34. The molecule has 1 aromatic carbocycles. The second-order valence-corrected chi connectivity index (χ2v) is 6.44. The van der Waals surface area contributed by atoms with E-state index in [4.69, 9.17) is 14.2 Å². The maximum absolute atomic E-state index is 11.4. The van der Waals surface area contributed by atoms with Gasteiger partial charge in [0.15, 0.2) is 11.5 Å².